The lowest BCUT2D eigenvalue weighted by molar-refractivity contribution is 0.339. The average Bonchev–Trinajstić information content (AvgIpc) is 3.03. The molecule has 2 aromatic heterocycles. The van der Waals surface area contributed by atoms with Crippen LogP contribution in [0.2, 0.25) is 0 Å². The molecule has 5 nitrogen and oxygen atoms in total. The predicted octanol–water partition coefficient (Wildman–Crippen LogP) is 4.46. The van der Waals surface area contributed by atoms with Crippen molar-refractivity contribution in [1.82, 2.24) is 10.3 Å². The largest absolute Gasteiger partial charge is 0.494 e. The Hall–Kier alpha value is -2.79. The first-order valence-electron chi connectivity index (χ1n) is 8.34. The van der Waals surface area contributed by atoms with Crippen LogP contribution in [0.5, 0.6) is 17.4 Å². The second kappa shape index (κ2) is 8.35. The van der Waals surface area contributed by atoms with Gasteiger partial charge in [-0.25, -0.2) is 4.98 Å². The van der Waals surface area contributed by atoms with Gasteiger partial charge in [0, 0.05) is 18.8 Å². The summed E-state index contributed by atoms with van der Waals surface area (Å²) in [6, 6.07) is 15.3. The standard InChI is InChI=1S/C20H22N2O3/c1-3-23-17-6-8-18(9-7-17)25-20-12-16(10-11-22-20)13-21-14-19-5-4-15(2)24-19/h4-12,21H,3,13-14H2,1-2H3. The molecule has 0 spiro atoms. The molecule has 0 radical (unpaired) electrons. The molecule has 0 saturated carbocycles. The van der Waals surface area contributed by atoms with Crippen LogP contribution >= 0.6 is 0 Å². The third kappa shape index (κ3) is 5.09. The highest BCUT2D eigenvalue weighted by atomic mass is 16.5. The minimum atomic E-state index is 0.567. The van der Waals surface area contributed by atoms with Gasteiger partial charge in [0.1, 0.15) is 23.0 Å². The van der Waals surface area contributed by atoms with E-state index in [1.807, 2.05) is 62.4 Å². The van der Waals surface area contributed by atoms with Crippen LogP contribution in [0.25, 0.3) is 0 Å². The highest BCUT2D eigenvalue weighted by molar-refractivity contribution is 5.34. The number of aryl methyl sites for hydroxylation is 1. The Morgan fingerprint density at radius 3 is 2.52 bits per heavy atom. The van der Waals surface area contributed by atoms with Crippen molar-refractivity contribution in [2.75, 3.05) is 6.61 Å². The lowest BCUT2D eigenvalue weighted by atomic mass is 10.2. The van der Waals surface area contributed by atoms with Crippen molar-refractivity contribution in [1.29, 1.82) is 0 Å². The molecule has 25 heavy (non-hydrogen) atoms. The first-order chi connectivity index (χ1) is 12.2. The first-order valence-corrected chi connectivity index (χ1v) is 8.34. The Morgan fingerprint density at radius 1 is 1.00 bits per heavy atom. The van der Waals surface area contributed by atoms with Gasteiger partial charge in [-0.3, -0.25) is 0 Å². The molecule has 3 rings (SSSR count). The minimum absolute atomic E-state index is 0.567. The minimum Gasteiger partial charge on any atom is -0.494 e. The van der Waals surface area contributed by atoms with Crippen LogP contribution in [0.1, 0.15) is 24.0 Å². The van der Waals surface area contributed by atoms with E-state index in [4.69, 9.17) is 13.9 Å². The van der Waals surface area contributed by atoms with Gasteiger partial charge >= 0.3 is 0 Å². The fraction of sp³-hybridized carbons (Fsp3) is 0.250. The molecule has 1 aromatic carbocycles. The molecule has 0 atom stereocenters. The number of nitrogens with zero attached hydrogens (tertiary/aromatic N) is 1. The van der Waals surface area contributed by atoms with Crippen molar-refractivity contribution in [2.45, 2.75) is 26.9 Å². The molecule has 2 heterocycles. The van der Waals surface area contributed by atoms with E-state index in [0.717, 1.165) is 28.6 Å². The van der Waals surface area contributed by atoms with Crippen LogP contribution < -0.4 is 14.8 Å². The van der Waals surface area contributed by atoms with Crippen LogP contribution in [0.4, 0.5) is 0 Å². The highest BCUT2D eigenvalue weighted by Crippen LogP contribution is 2.23. The maximum atomic E-state index is 5.81. The summed E-state index contributed by atoms with van der Waals surface area (Å²) in [7, 11) is 0. The Kier molecular flexibility index (Phi) is 5.69. The lowest BCUT2D eigenvalue weighted by Crippen LogP contribution is -2.12. The summed E-state index contributed by atoms with van der Waals surface area (Å²) in [5.41, 5.74) is 1.10. The molecule has 0 saturated heterocycles. The van der Waals surface area contributed by atoms with E-state index in [0.29, 0.717) is 25.6 Å². The summed E-state index contributed by atoms with van der Waals surface area (Å²) in [6.45, 7) is 5.94. The molecular formula is C20H22N2O3. The maximum Gasteiger partial charge on any atom is 0.219 e. The second-order valence-corrected chi connectivity index (χ2v) is 5.62. The average molecular weight is 338 g/mol. The molecule has 0 unspecified atom stereocenters. The molecule has 3 aromatic rings. The van der Waals surface area contributed by atoms with E-state index in [1.165, 1.54) is 0 Å². The number of furan rings is 1. The zero-order valence-corrected chi connectivity index (χ0v) is 14.5. The van der Waals surface area contributed by atoms with Crippen LogP contribution in [0, 0.1) is 6.92 Å². The zero-order chi connectivity index (χ0) is 17.5. The summed E-state index contributed by atoms with van der Waals surface area (Å²) in [5.74, 6) is 3.97. The van der Waals surface area contributed by atoms with E-state index in [9.17, 15) is 0 Å². The molecule has 130 valence electrons. The lowest BCUT2D eigenvalue weighted by Gasteiger charge is -2.08. The number of ether oxygens (including phenoxy) is 2. The van der Waals surface area contributed by atoms with Crippen LogP contribution in [0.15, 0.2) is 59.1 Å². The van der Waals surface area contributed by atoms with Crippen LogP contribution in [0.3, 0.4) is 0 Å². The number of aromatic nitrogens is 1. The molecule has 1 N–H and O–H groups in total. The van der Waals surface area contributed by atoms with Gasteiger partial charge in [-0.1, -0.05) is 0 Å². The van der Waals surface area contributed by atoms with Gasteiger partial charge in [-0.15, -0.1) is 0 Å². The monoisotopic (exact) mass is 338 g/mol. The van der Waals surface area contributed by atoms with Gasteiger partial charge in [0.15, 0.2) is 0 Å². The number of hydrogen-bond acceptors (Lipinski definition) is 5. The zero-order valence-electron chi connectivity index (χ0n) is 14.5. The second-order valence-electron chi connectivity index (χ2n) is 5.62. The number of pyridine rings is 1. The van der Waals surface area contributed by atoms with Crippen LogP contribution in [-0.2, 0) is 13.1 Å². The molecule has 0 aliphatic heterocycles. The third-order valence-corrected chi connectivity index (χ3v) is 3.58. The SMILES string of the molecule is CCOc1ccc(Oc2cc(CNCc3ccc(C)o3)ccn2)cc1. The molecule has 0 amide bonds. The van der Waals surface area contributed by atoms with E-state index >= 15 is 0 Å². The van der Waals surface area contributed by atoms with E-state index < -0.39 is 0 Å². The number of nitrogens with one attached hydrogen (secondary N) is 1. The van der Waals surface area contributed by atoms with Gasteiger partial charge in [-0.2, -0.15) is 0 Å². The Balaban J connectivity index is 1.55. The topological polar surface area (TPSA) is 56.5 Å². The third-order valence-electron chi connectivity index (χ3n) is 3.58. The fourth-order valence-corrected chi connectivity index (χ4v) is 2.42. The Bertz CT molecular complexity index is 797. The van der Waals surface area contributed by atoms with Gasteiger partial charge < -0.3 is 19.2 Å². The van der Waals surface area contributed by atoms with E-state index in [2.05, 4.69) is 10.3 Å². The normalized spacial score (nSPS) is 10.6. The molecule has 0 aliphatic carbocycles. The van der Waals surface area contributed by atoms with Crippen LogP contribution in [-0.4, -0.2) is 11.6 Å². The molecule has 0 aliphatic rings. The molecule has 0 bridgehead atoms. The Morgan fingerprint density at radius 2 is 1.80 bits per heavy atom. The van der Waals surface area contributed by atoms with Crippen molar-refractivity contribution < 1.29 is 13.9 Å². The van der Waals surface area contributed by atoms with Gasteiger partial charge in [0.2, 0.25) is 5.88 Å². The van der Waals surface area contributed by atoms with E-state index in [-0.39, 0.29) is 0 Å². The van der Waals surface area contributed by atoms with Crippen molar-refractivity contribution in [3.63, 3.8) is 0 Å². The molecule has 0 fully saturated rings. The smallest absolute Gasteiger partial charge is 0.219 e. The Labute approximate surface area is 147 Å². The highest BCUT2D eigenvalue weighted by Gasteiger charge is 2.03. The van der Waals surface area contributed by atoms with E-state index in [1.54, 1.807) is 6.20 Å². The van der Waals surface area contributed by atoms with Crippen molar-refractivity contribution in [2.24, 2.45) is 0 Å². The summed E-state index contributed by atoms with van der Waals surface area (Å²) >= 11 is 0. The summed E-state index contributed by atoms with van der Waals surface area (Å²) in [4.78, 5) is 4.26. The van der Waals surface area contributed by atoms with Crippen molar-refractivity contribution in [3.8, 4) is 17.4 Å². The summed E-state index contributed by atoms with van der Waals surface area (Å²) < 4.78 is 16.8. The number of benzene rings is 1. The van der Waals surface area contributed by atoms with Gasteiger partial charge in [0.05, 0.1) is 13.2 Å². The quantitative estimate of drug-likeness (QED) is 0.657. The first kappa shape index (κ1) is 17.0. The number of rotatable bonds is 8. The summed E-state index contributed by atoms with van der Waals surface area (Å²) in [5, 5.41) is 3.35. The molecule has 5 heteroatoms. The van der Waals surface area contributed by atoms with Gasteiger partial charge in [0.25, 0.3) is 0 Å². The van der Waals surface area contributed by atoms with Crippen molar-refractivity contribution >= 4 is 0 Å². The fourth-order valence-electron chi connectivity index (χ4n) is 2.42. The molecular weight excluding hydrogens is 316 g/mol. The maximum absolute atomic E-state index is 5.81. The summed E-state index contributed by atoms with van der Waals surface area (Å²) in [6.07, 6.45) is 1.75. The number of hydrogen-bond donors (Lipinski definition) is 1. The van der Waals surface area contributed by atoms with Gasteiger partial charge in [-0.05, 0) is 61.9 Å². The predicted molar refractivity (Wildman–Crippen MR) is 95.9 cm³/mol. The van der Waals surface area contributed by atoms with Crippen molar-refractivity contribution in [3.05, 3.63) is 71.8 Å².